The van der Waals surface area contributed by atoms with Crippen LogP contribution in [0.3, 0.4) is 0 Å². The number of rotatable bonds is 4. The fourth-order valence-corrected chi connectivity index (χ4v) is 3.39. The fourth-order valence-electron chi connectivity index (χ4n) is 3.39. The zero-order valence-electron chi connectivity index (χ0n) is 12.5. The van der Waals surface area contributed by atoms with Crippen molar-refractivity contribution >= 4 is 0 Å². The van der Waals surface area contributed by atoms with Crippen LogP contribution in [0.1, 0.15) is 43.2 Å². The van der Waals surface area contributed by atoms with Crippen molar-refractivity contribution in [2.45, 2.75) is 44.4 Å². The van der Waals surface area contributed by atoms with E-state index in [0.717, 1.165) is 37.9 Å². The number of nitriles is 1. The Labute approximate surface area is 122 Å². The second-order valence-corrected chi connectivity index (χ2v) is 5.86. The summed E-state index contributed by atoms with van der Waals surface area (Å²) in [5, 5.41) is 9.09. The van der Waals surface area contributed by atoms with Crippen LogP contribution >= 0.6 is 0 Å². The van der Waals surface area contributed by atoms with E-state index in [1.807, 2.05) is 6.08 Å². The van der Waals surface area contributed by atoms with Crippen molar-refractivity contribution in [2.75, 3.05) is 7.11 Å². The van der Waals surface area contributed by atoms with Gasteiger partial charge in [-0.05, 0) is 61.6 Å². The number of hydrogen-bond acceptors (Lipinski definition) is 2. The molecular formula is C18H23NO. The van der Waals surface area contributed by atoms with Gasteiger partial charge >= 0.3 is 0 Å². The third-order valence-corrected chi connectivity index (χ3v) is 4.67. The minimum absolute atomic E-state index is 0.159. The van der Waals surface area contributed by atoms with E-state index in [0.29, 0.717) is 0 Å². The van der Waals surface area contributed by atoms with E-state index in [-0.39, 0.29) is 11.3 Å². The molecule has 0 N–H and O–H groups in total. The smallest absolute Gasteiger partial charge is 0.121 e. The van der Waals surface area contributed by atoms with Gasteiger partial charge in [-0.25, -0.2) is 0 Å². The Balaban J connectivity index is 2.31. The second kappa shape index (κ2) is 6.13. The Morgan fingerprint density at radius 3 is 2.65 bits per heavy atom. The largest absolute Gasteiger partial charge is 0.496 e. The third kappa shape index (κ3) is 2.72. The van der Waals surface area contributed by atoms with Gasteiger partial charge in [0.1, 0.15) is 5.75 Å². The Hall–Kier alpha value is -1.75. The standard InChI is InChI=1S/C18H23NO/c1-4-9-18(10-7-15(13-19)8-11-18)16-5-6-17(20-3)14(2)12-16/h4-6,12,15H,1,7-11H2,2-3H3. The Kier molecular flexibility index (Phi) is 4.49. The molecule has 1 aromatic carbocycles. The van der Waals surface area contributed by atoms with Crippen molar-refractivity contribution in [1.29, 1.82) is 5.26 Å². The number of ether oxygens (including phenoxy) is 1. The summed E-state index contributed by atoms with van der Waals surface area (Å²) in [7, 11) is 1.71. The van der Waals surface area contributed by atoms with Gasteiger partial charge in [-0.3, -0.25) is 0 Å². The van der Waals surface area contributed by atoms with Gasteiger partial charge in [0.25, 0.3) is 0 Å². The van der Waals surface area contributed by atoms with Crippen molar-refractivity contribution < 1.29 is 4.74 Å². The highest BCUT2D eigenvalue weighted by atomic mass is 16.5. The highest BCUT2D eigenvalue weighted by Gasteiger charge is 2.36. The summed E-state index contributed by atoms with van der Waals surface area (Å²) < 4.78 is 5.35. The summed E-state index contributed by atoms with van der Waals surface area (Å²) in [6.07, 6.45) is 7.14. The minimum Gasteiger partial charge on any atom is -0.496 e. The number of aryl methyl sites for hydroxylation is 1. The van der Waals surface area contributed by atoms with Gasteiger partial charge in [-0.1, -0.05) is 18.2 Å². The quantitative estimate of drug-likeness (QED) is 0.752. The molecule has 0 radical (unpaired) electrons. The average Bonchev–Trinajstić information content (AvgIpc) is 2.48. The van der Waals surface area contributed by atoms with Gasteiger partial charge in [0.2, 0.25) is 0 Å². The lowest BCUT2D eigenvalue weighted by molar-refractivity contribution is 0.261. The van der Waals surface area contributed by atoms with Crippen LogP contribution in [0.25, 0.3) is 0 Å². The van der Waals surface area contributed by atoms with Gasteiger partial charge in [-0.15, -0.1) is 6.58 Å². The summed E-state index contributed by atoms with van der Waals surface area (Å²) in [6.45, 7) is 6.02. The zero-order valence-corrected chi connectivity index (χ0v) is 12.5. The Morgan fingerprint density at radius 1 is 1.45 bits per heavy atom. The van der Waals surface area contributed by atoms with Crippen LogP contribution in [0, 0.1) is 24.2 Å². The molecular weight excluding hydrogens is 246 g/mol. The number of methoxy groups -OCH3 is 1. The van der Waals surface area contributed by atoms with Crippen molar-refractivity contribution in [3.8, 4) is 11.8 Å². The van der Waals surface area contributed by atoms with Crippen LogP contribution in [-0.4, -0.2) is 7.11 Å². The molecule has 2 heteroatoms. The molecule has 0 heterocycles. The summed E-state index contributed by atoms with van der Waals surface area (Å²) >= 11 is 0. The monoisotopic (exact) mass is 269 g/mol. The minimum atomic E-state index is 0.159. The van der Waals surface area contributed by atoms with Crippen LogP contribution in [0.2, 0.25) is 0 Å². The van der Waals surface area contributed by atoms with Crippen LogP contribution in [0.15, 0.2) is 30.9 Å². The summed E-state index contributed by atoms with van der Waals surface area (Å²) in [5.41, 5.74) is 2.70. The number of allylic oxidation sites excluding steroid dienone is 1. The number of benzene rings is 1. The molecule has 1 fully saturated rings. The highest BCUT2D eigenvalue weighted by Crippen LogP contribution is 2.45. The van der Waals surface area contributed by atoms with Gasteiger partial charge < -0.3 is 4.74 Å². The van der Waals surface area contributed by atoms with Crippen molar-refractivity contribution in [3.05, 3.63) is 42.0 Å². The molecule has 2 rings (SSSR count). The summed E-state index contributed by atoms with van der Waals surface area (Å²) in [6, 6.07) is 8.91. The van der Waals surface area contributed by atoms with Crippen LogP contribution in [0.4, 0.5) is 0 Å². The van der Waals surface area contributed by atoms with Gasteiger partial charge in [0.15, 0.2) is 0 Å². The predicted octanol–water partition coefficient (Wildman–Crippen LogP) is 4.53. The van der Waals surface area contributed by atoms with Gasteiger partial charge in [0, 0.05) is 5.92 Å². The van der Waals surface area contributed by atoms with Crippen LogP contribution < -0.4 is 4.74 Å². The zero-order chi connectivity index (χ0) is 14.6. The fraction of sp³-hybridized carbons (Fsp3) is 0.500. The van der Waals surface area contributed by atoms with Crippen molar-refractivity contribution in [3.63, 3.8) is 0 Å². The summed E-state index contributed by atoms with van der Waals surface area (Å²) in [4.78, 5) is 0. The molecule has 0 aromatic heterocycles. The first-order chi connectivity index (χ1) is 9.65. The normalized spacial score (nSPS) is 25.8. The lowest BCUT2D eigenvalue weighted by atomic mass is 9.65. The third-order valence-electron chi connectivity index (χ3n) is 4.67. The molecule has 1 saturated carbocycles. The summed E-state index contributed by atoms with van der Waals surface area (Å²) in [5.74, 6) is 1.17. The van der Waals surface area contributed by atoms with Crippen LogP contribution in [-0.2, 0) is 5.41 Å². The number of hydrogen-bond donors (Lipinski definition) is 0. The molecule has 1 aromatic rings. The van der Waals surface area contributed by atoms with E-state index in [1.165, 1.54) is 11.1 Å². The molecule has 0 atom stereocenters. The topological polar surface area (TPSA) is 33.0 Å². The van der Waals surface area contributed by atoms with E-state index < -0.39 is 0 Å². The molecule has 0 saturated heterocycles. The molecule has 0 bridgehead atoms. The average molecular weight is 269 g/mol. The molecule has 0 spiro atoms. The molecule has 0 aliphatic heterocycles. The Bertz CT molecular complexity index is 519. The Morgan fingerprint density at radius 2 is 2.15 bits per heavy atom. The lowest BCUT2D eigenvalue weighted by Gasteiger charge is -2.39. The van der Waals surface area contributed by atoms with Gasteiger partial charge in [0.05, 0.1) is 13.2 Å². The SMILES string of the molecule is C=CCC1(c2ccc(OC)c(C)c2)CCC(C#N)CC1. The lowest BCUT2D eigenvalue weighted by Crippen LogP contribution is -2.31. The molecule has 106 valence electrons. The van der Waals surface area contributed by atoms with E-state index in [1.54, 1.807) is 7.11 Å². The first kappa shape index (κ1) is 14.7. The molecule has 0 unspecified atom stereocenters. The maximum absolute atomic E-state index is 9.09. The molecule has 0 amide bonds. The number of nitrogens with zero attached hydrogens (tertiary/aromatic N) is 1. The molecule has 2 nitrogen and oxygen atoms in total. The van der Waals surface area contributed by atoms with Gasteiger partial charge in [-0.2, -0.15) is 5.26 Å². The van der Waals surface area contributed by atoms with E-state index in [9.17, 15) is 0 Å². The highest BCUT2D eigenvalue weighted by molar-refractivity contribution is 5.40. The predicted molar refractivity (Wildman–Crippen MR) is 81.8 cm³/mol. The maximum Gasteiger partial charge on any atom is 0.121 e. The van der Waals surface area contributed by atoms with E-state index in [4.69, 9.17) is 10.00 Å². The maximum atomic E-state index is 9.09. The van der Waals surface area contributed by atoms with E-state index >= 15 is 0 Å². The first-order valence-electron chi connectivity index (χ1n) is 7.31. The van der Waals surface area contributed by atoms with E-state index in [2.05, 4.69) is 37.8 Å². The van der Waals surface area contributed by atoms with Crippen molar-refractivity contribution in [2.24, 2.45) is 5.92 Å². The molecule has 20 heavy (non-hydrogen) atoms. The van der Waals surface area contributed by atoms with Crippen molar-refractivity contribution in [1.82, 2.24) is 0 Å². The molecule has 1 aliphatic carbocycles. The van der Waals surface area contributed by atoms with Crippen LogP contribution in [0.5, 0.6) is 5.75 Å². The molecule has 1 aliphatic rings. The first-order valence-corrected chi connectivity index (χ1v) is 7.31. The second-order valence-electron chi connectivity index (χ2n) is 5.86.